The van der Waals surface area contributed by atoms with Crippen molar-refractivity contribution < 1.29 is 31.4 Å². The maximum Gasteiger partial charge on any atom is 0.673 e. The first-order valence-electron chi connectivity index (χ1n) is 10.2. The molecular formula is C24H21BClF4NO2. The Morgan fingerprint density at radius 2 is 1.55 bits per heavy atom. The van der Waals surface area contributed by atoms with Gasteiger partial charge in [0.05, 0.1) is 18.1 Å². The fourth-order valence-electron chi connectivity index (χ4n) is 3.00. The predicted molar refractivity (Wildman–Crippen MR) is 123 cm³/mol. The second kappa shape index (κ2) is 11.1. The third-order valence-electron chi connectivity index (χ3n) is 4.41. The number of rotatable bonds is 5. The van der Waals surface area contributed by atoms with Crippen LogP contribution in [0.25, 0.3) is 22.3 Å². The van der Waals surface area contributed by atoms with E-state index >= 15 is 0 Å². The van der Waals surface area contributed by atoms with Gasteiger partial charge >= 0.3 is 7.25 Å². The van der Waals surface area contributed by atoms with E-state index in [0.717, 1.165) is 52.1 Å². The van der Waals surface area contributed by atoms with Gasteiger partial charge in [0, 0.05) is 22.7 Å². The minimum Gasteiger partial charge on any atom is -0.494 e. The van der Waals surface area contributed by atoms with E-state index in [4.69, 9.17) is 20.8 Å². The van der Waals surface area contributed by atoms with Crippen LogP contribution in [0.1, 0.15) is 13.3 Å². The summed E-state index contributed by atoms with van der Waals surface area (Å²) in [7, 11) is -6.00. The van der Waals surface area contributed by atoms with Crippen LogP contribution in [-0.4, -0.2) is 13.9 Å². The molecule has 0 spiro atoms. The Balaban J connectivity index is 0.000000555. The number of hydrogen-bond donors (Lipinski definition) is 1. The summed E-state index contributed by atoms with van der Waals surface area (Å²) in [6, 6.07) is 25.7. The number of fused-ring (bicyclic) bond motifs is 1. The first-order valence-corrected chi connectivity index (χ1v) is 10.6. The van der Waals surface area contributed by atoms with Crippen LogP contribution in [0.4, 0.5) is 23.0 Å². The molecule has 0 saturated carbocycles. The van der Waals surface area contributed by atoms with Gasteiger partial charge in [0.15, 0.2) is 0 Å². The average molecular weight is 478 g/mol. The second-order valence-electron chi connectivity index (χ2n) is 7.02. The first kappa shape index (κ1) is 24.4. The molecule has 1 aromatic heterocycles. The smallest absolute Gasteiger partial charge is 0.494 e. The topological polar surface area (TPSA) is 36.3 Å². The van der Waals surface area contributed by atoms with E-state index in [1.54, 1.807) is 0 Å². The van der Waals surface area contributed by atoms with Gasteiger partial charge in [-0.05, 0) is 55.0 Å². The summed E-state index contributed by atoms with van der Waals surface area (Å²) in [4.78, 5) is 3.51. The lowest BCUT2D eigenvalue weighted by atomic mass is 10.1. The summed E-state index contributed by atoms with van der Waals surface area (Å²) >= 11 is 6.02. The van der Waals surface area contributed by atoms with E-state index in [0.29, 0.717) is 5.02 Å². The molecule has 0 aliphatic rings. The molecule has 4 aromatic rings. The monoisotopic (exact) mass is 477 g/mol. The molecule has 0 aliphatic carbocycles. The van der Waals surface area contributed by atoms with Crippen LogP contribution in [0.2, 0.25) is 5.02 Å². The Hall–Kier alpha value is -3.26. The van der Waals surface area contributed by atoms with Gasteiger partial charge in [0.2, 0.25) is 11.0 Å². The Morgan fingerprint density at radius 3 is 2.18 bits per heavy atom. The van der Waals surface area contributed by atoms with Crippen molar-refractivity contribution >= 4 is 35.5 Å². The zero-order valence-electron chi connectivity index (χ0n) is 17.7. The molecule has 0 unspecified atom stereocenters. The molecule has 3 aromatic carbocycles. The summed E-state index contributed by atoms with van der Waals surface area (Å²) in [6.45, 7) is 2.82. The Labute approximate surface area is 193 Å². The summed E-state index contributed by atoms with van der Waals surface area (Å²) in [5.74, 6) is 1.66. The maximum absolute atomic E-state index is 9.75. The molecule has 4 rings (SSSR count). The van der Waals surface area contributed by atoms with Gasteiger partial charge in [-0.3, -0.25) is 0 Å². The van der Waals surface area contributed by atoms with E-state index < -0.39 is 7.25 Å². The van der Waals surface area contributed by atoms with Crippen LogP contribution in [0, 0.1) is 0 Å². The van der Waals surface area contributed by atoms with Crippen LogP contribution in [0.15, 0.2) is 83.3 Å². The molecule has 172 valence electrons. The minimum atomic E-state index is -6.00. The molecule has 3 nitrogen and oxygen atoms in total. The summed E-state index contributed by atoms with van der Waals surface area (Å²) in [5, 5.41) is 2.70. The molecule has 1 heterocycles. The molecule has 0 saturated heterocycles. The van der Waals surface area contributed by atoms with E-state index in [2.05, 4.69) is 11.9 Å². The van der Waals surface area contributed by atoms with Gasteiger partial charge in [0.25, 0.3) is 0 Å². The molecule has 0 atom stereocenters. The van der Waals surface area contributed by atoms with E-state index in [1.807, 2.05) is 78.9 Å². The molecule has 0 fully saturated rings. The third kappa shape index (κ3) is 7.68. The molecule has 33 heavy (non-hydrogen) atoms. The van der Waals surface area contributed by atoms with Crippen LogP contribution >= 0.6 is 11.6 Å². The molecular weight excluding hydrogens is 457 g/mol. The largest absolute Gasteiger partial charge is 0.673 e. The molecule has 0 bridgehead atoms. The van der Waals surface area contributed by atoms with Crippen molar-refractivity contribution in [3.63, 3.8) is 0 Å². The number of benzene rings is 3. The highest BCUT2D eigenvalue weighted by molar-refractivity contribution is 6.50. The molecule has 0 radical (unpaired) electrons. The SMILES string of the molecule is CCCOc1ccc([NH+]=c2cc(-c3ccc(Cl)cc3)oc3ccccc23)cc1.F[B-](F)(F)F. The maximum atomic E-state index is 9.75. The quantitative estimate of drug-likeness (QED) is 0.276. The van der Waals surface area contributed by atoms with Gasteiger partial charge in [0.1, 0.15) is 17.1 Å². The van der Waals surface area contributed by atoms with Gasteiger partial charge in [-0.1, -0.05) is 30.7 Å². The summed E-state index contributed by atoms with van der Waals surface area (Å²) in [6.07, 6.45) is 0.993. The Bertz CT molecular complexity index is 1250. The Kier molecular flexibility index (Phi) is 8.17. The molecule has 0 amide bonds. The summed E-state index contributed by atoms with van der Waals surface area (Å²) < 4.78 is 50.8. The lowest BCUT2D eigenvalue weighted by molar-refractivity contribution is -0.400. The van der Waals surface area contributed by atoms with Gasteiger partial charge in [-0.25, -0.2) is 4.99 Å². The standard InChI is InChI=1S/C24H20ClNO2.BF4/c1-2-15-27-20-13-11-19(12-14-20)26-22-16-24(17-7-9-18(25)10-8-17)28-23-6-4-3-5-21(22)23;2-1(3,4)5/h3-14,16H,2,15H2,1H3;/q;-1/p+1. The zero-order valence-corrected chi connectivity index (χ0v) is 18.5. The van der Waals surface area contributed by atoms with Crippen molar-refractivity contribution in [2.45, 2.75) is 13.3 Å². The van der Waals surface area contributed by atoms with Crippen LogP contribution in [-0.2, 0) is 0 Å². The van der Waals surface area contributed by atoms with Crippen molar-refractivity contribution in [1.29, 1.82) is 0 Å². The van der Waals surface area contributed by atoms with Crippen LogP contribution < -0.4 is 15.1 Å². The Morgan fingerprint density at radius 1 is 0.909 bits per heavy atom. The number of halogens is 5. The van der Waals surface area contributed by atoms with Crippen molar-refractivity contribution in [3.8, 4) is 17.1 Å². The average Bonchev–Trinajstić information content (AvgIpc) is 2.78. The molecule has 1 N–H and O–H groups in total. The normalized spacial score (nSPS) is 11.8. The van der Waals surface area contributed by atoms with Gasteiger partial charge in [-0.2, -0.15) is 0 Å². The minimum absolute atomic E-state index is 0.702. The van der Waals surface area contributed by atoms with Gasteiger partial charge in [-0.15, -0.1) is 0 Å². The van der Waals surface area contributed by atoms with Crippen molar-refractivity contribution in [2.75, 3.05) is 6.61 Å². The van der Waals surface area contributed by atoms with Crippen molar-refractivity contribution in [2.24, 2.45) is 0 Å². The van der Waals surface area contributed by atoms with Crippen LogP contribution in [0.3, 0.4) is 0 Å². The lowest BCUT2D eigenvalue weighted by Crippen LogP contribution is -2.70. The van der Waals surface area contributed by atoms with Crippen molar-refractivity contribution in [1.82, 2.24) is 0 Å². The lowest BCUT2D eigenvalue weighted by Gasteiger charge is -2.04. The van der Waals surface area contributed by atoms with E-state index in [-0.39, 0.29) is 0 Å². The number of hydrogen-bond acceptors (Lipinski definition) is 2. The molecule has 9 heteroatoms. The summed E-state index contributed by atoms with van der Waals surface area (Å²) in [5.41, 5.74) is 2.78. The van der Waals surface area contributed by atoms with E-state index in [1.165, 1.54) is 0 Å². The van der Waals surface area contributed by atoms with Gasteiger partial charge < -0.3 is 26.4 Å². The third-order valence-corrected chi connectivity index (χ3v) is 4.66. The highest BCUT2D eigenvalue weighted by Gasteiger charge is 2.20. The van der Waals surface area contributed by atoms with E-state index in [9.17, 15) is 17.3 Å². The second-order valence-corrected chi connectivity index (χ2v) is 7.46. The first-order chi connectivity index (χ1) is 15.7. The predicted octanol–water partition coefficient (Wildman–Crippen LogP) is 6.16. The van der Waals surface area contributed by atoms with Crippen molar-refractivity contribution in [3.05, 3.63) is 89.2 Å². The fraction of sp³-hybridized carbons (Fsp3) is 0.125. The fourth-order valence-corrected chi connectivity index (χ4v) is 3.13. The zero-order chi connectivity index (χ0) is 23.8. The highest BCUT2D eigenvalue weighted by Crippen LogP contribution is 2.23. The number of nitrogens with one attached hydrogen (secondary N) is 1. The number of ether oxygens (including phenoxy) is 1. The molecule has 0 aliphatic heterocycles. The van der Waals surface area contributed by atoms with Crippen LogP contribution in [0.5, 0.6) is 5.75 Å². The number of para-hydroxylation sites is 1. The highest BCUT2D eigenvalue weighted by atomic mass is 35.5.